The third-order valence-electron chi connectivity index (χ3n) is 3.52. The molecule has 0 aliphatic rings. The number of carbonyl (C=O) groups is 1. The topological polar surface area (TPSA) is 26.3 Å². The van der Waals surface area contributed by atoms with Crippen LogP contribution in [0.15, 0.2) is 67.3 Å². The van der Waals surface area contributed by atoms with Crippen LogP contribution in [0.3, 0.4) is 0 Å². The Bertz CT molecular complexity index is 665. The maximum atomic E-state index is 11.6. The van der Waals surface area contributed by atoms with Crippen molar-refractivity contribution in [1.82, 2.24) is 0 Å². The lowest BCUT2D eigenvalue weighted by molar-refractivity contribution is -0.143. The highest BCUT2D eigenvalue weighted by atomic mass is 16.5. The van der Waals surface area contributed by atoms with Crippen molar-refractivity contribution < 1.29 is 9.53 Å². The first-order chi connectivity index (χ1) is 10.1. The Morgan fingerprint density at radius 3 is 2.71 bits per heavy atom. The second kappa shape index (κ2) is 6.89. The summed E-state index contributed by atoms with van der Waals surface area (Å²) >= 11 is 0. The van der Waals surface area contributed by atoms with Crippen LogP contribution < -0.4 is 0 Å². The fourth-order valence-electron chi connectivity index (χ4n) is 2.27. The molecule has 0 radical (unpaired) electrons. The Morgan fingerprint density at radius 2 is 1.95 bits per heavy atom. The van der Waals surface area contributed by atoms with Crippen LogP contribution in [-0.2, 0) is 16.0 Å². The van der Waals surface area contributed by atoms with E-state index in [4.69, 9.17) is 4.74 Å². The van der Waals surface area contributed by atoms with Gasteiger partial charge in [-0.05, 0) is 36.1 Å². The van der Waals surface area contributed by atoms with Gasteiger partial charge in [-0.25, -0.2) is 4.79 Å². The third-order valence-corrected chi connectivity index (χ3v) is 3.52. The monoisotopic (exact) mass is 280 g/mol. The lowest BCUT2D eigenvalue weighted by Crippen LogP contribution is -2.16. The molecular formula is C19H20O2. The van der Waals surface area contributed by atoms with Crippen molar-refractivity contribution in [1.29, 1.82) is 0 Å². The first-order valence-electron chi connectivity index (χ1n) is 7.10. The number of benzene rings is 2. The maximum absolute atomic E-state index is 11.6. The number of carbonyl (C=O) groups excluding carboxylic acids is 1. The third kappa shape index (κ3) is 3.82. The van der Waals surface area contributed by atoms with E-state index in [0.717, 1.165) is 12.8 Å². The van der Waals surface area contributed by atoms with E-state index in [1.54, 1.807) is 0 Å². The van der Waals surface area contributed by atoms with Crippen molar-refractivity contribution >= 4 is 16.7 Å². The van der Waals surface area contributed by atoms with E-state index in [9.17, 15) is 4.79 Å². The lowest BCUT2D eigenvalue weighted by Gasteiger charge is -2.14. The largest absolute Gasteiger partial charge is 0.459 e. The summed E-state index contributed by atoms with van der Waals surface area (Å²) in [5.41, 5.74) is 1.57. The molecule has 0 aliphatic heterocycles. The number of ether oxygens (including phenoxy) is 1. The van der Waals surface area contributed by atoms with Crippen LogP contribution in [-0.4, -0.2) is 12.1 Å². The van der Waals surface area contributed by atoms with Crippen molar-refractivity contribution in [3.63, 3.8) is 0 Å². The van der Waals surface area contributed by atoms with E-state index in [-0.39, 0.29) is 6.10 Å². The molecule has 0 saturated carbocycles. The van der Waals surface area contributed by atoms with E-state index in [2.05, 4.69) is 43.5 Å². The zero-order valence-corrected chi connectivity index (χ0v) is 12.3. The zero-order chi connectivity index (χ0) is 15.2. The van der Waals surface area contributed by atoms with Crippen molar-refractivity contribution in [2.45, 2.75) is 25.9 Å². The summed E-state index contributed by atoms with van der Waals surface area (Å²) < 4.78 is 5.33. The number of esters is 1. The van der Waals surface area contributed by atoms with Crippen LogP contribution in [0.2, 0.25) is 0 Å². The molecule has 0 saturated heterocycles. The molecule has 108 valence electrons. The summed E-state index contributed by atoms with van der Waals surface area (Å²) in [7, 11) is 0. The van der Waals surface area contributed by atoms with Gasteiger partial charge in [0.05, 0.1) is 11.7 Å². The number of aryl methyl sites for hydroxylation is 1. The van der Waals surface area contributed by atoms with Gasteiger partial charge in [-0.3, -0.25) is 0 Å². The molecule has 2 nitrogen and oxygen atoms in total. The molecule has 0 spiro atoms. The minimum atomic E-state index is -0.393. The smallest absolute Gasteiger partial charge is 0.337 e. The highest BCUT2D eigenvalue weighted by molar-refractivity contribution is 5.90. The summed E-state index contributed by atoms with van der Waals surface area (Å²) in [5, 5.41) is 2.49. The quantitative estimate of drug-likeness (QED) is 0.444. The van der Waals surface area contributed by atoms with Gasteiger partial charge < -0.3 is 4.74 Å². The molecule has 21 heavy (non-hydrogen) atoms. The van der Waals surface area contributed by atoms with Crippen LogP contribution in [0.1, 0.15) is 18.9 Å². The first kappa shape index (κ1) is 15.0. The molecule has 0 aliphatic carbocycles. The second-order valence-electron chi connectivity index (χ2n) is 5.12. The molecule has 2 aromatic carbocycles. The van der Waals surface area contributed by atoms with Crippen molar-refractivity contribution in [3.05, 3.63) is 72.8 Å². The molecule has 0 aromatic heterocycles. The summed E-state index contributed by atoms with van der Waals surface area (Å²) in [5.74, 6) is -0.393. The van der Waals surface area contributed by atoms with Gasteiger partial charge in [0.1, 0.15) is 0 Å². The average Bonchev–Trinajstić information content (AvgIpc) is 2.51. The van der Waals surface area contributed by atoms with E-state index >= 15 is 0 Å². The van der Waals surface area contributed by atoms with Gasteiger partial charge in [-0.1, -0.05) is 61.7 Å². The fourth-order valence-corrected chi connectivity index (χ4v) is 2.27. The van der Waals surface area contributed by atoms with Crippen molar-refractivity contribution in [2.24, 2.45) is 0 Å². The standard InChI is InChI=1S/C19H20O2/c1-4-14(2)19(20)21-15(3)12-13-17-10-7-9-16-8-5-6-11-18(16)17/h4-11,15H,1-2,12-13H2,3H3. The zero-order valence-electron chi connectivity index (χ0n) is 12.3. The van der Waals surface area contributed by atoms with Crippen molar-refractivity contribution in [2.75, 3.05) is 0 Å². The van der Waals surface area contributed by atoms with Gasteiger partial charge >= 0.3 is 5.97 Å². The maximum Gasteiger partial charge on any atom is 0.337 e. The molecule has 2 heteroatoms. The molecule has 0 amide bonds. The minimum absolute atomic E-state index is 0.145. The van der Waals surface area contributed by atoms with Crippen LogP contribution >= 0.6 is 0 Å². The van der Waals surface area contributed by atoms with Crippen LogP contribution in [0.4, 0.5) is 0 Å². The molecular weight excluding hydrogens is 260 g/mol. The van der Waals surface area contributed by atoms with Crippen molar-refractivity contribution in [3.8, 4) is 0 Å². The van der Waals surface area contributed by atoms with Gasteiger partial charge in [-0.2, -0.15) is 0 Å². The normalized spacial score (nSPS) is 11.9. The molecule has 0 N–H and O–H groups in total. The molecule has 0 heterocycles. The Labute approximate surface area is 125 Å². The molecule has 2 aromatic rings. The predicted molar refractivity (Wildman–Crippen MR) is 87.2 cm³/mol. The summed E-state index contributed by atoms with van der Waals surface area (Å²) in [6.07, 6.45) is 2.92. The summed E-state index contributed by atoms with van der Waals surface area (Å²) in [4.78, 5) is 11.6. The fraction of sp³-hybridized carbons (Fsp3) is 0.211. The van der Waals surface area contributed by atoms with Crippen LogP contribution in [0.25, 0.3) is 10.8 Å². The second-order valence-corrected chi connectivity index (χ2v) is 5.12. The Hall–Kier alpha value is -2.35. The average molecular weight is 280 g/mol. The Balaban J connectivity index is 2.00. The Kier molecular flexibility index (Phi) is 4.94. The van der Waals surface area contributed by atoms with E-state index in [0.29, 0.717) is 5.57 Å². The Morgan fingerprint density at radius 1 is 1.24 bits per heavy atom. The molecule has 2 rings (SSSR count). The first-order valence-corrected chi connectivity index (χ1v) is 7.10. The number of hydrogen-bond acceptors (Lipinski definition) is 2. The summed E-state index contributed by atoms with van der Waals surface area (Å²) in [6.45, 7) is 9.01. The lowest BCUT2D eigenvalue weighted by atomic mass is 10.00. The van der Waals surface area contributed by atoms with Gasteiger partial charge in [0.15, 0.2) is 0 Å². The highest BCUT2D eigenvalue weighted by Gasteiger charge is 2.11. The predicted octanol–water partition coefficient (Wildman–Crippen LogP) is 4.45. The minimum Gasteiger partial charge on any atom is -0.459 e. The van der Waals surface area contributed by atoms with Gasteiger partial charge in [-0.15, -0.1) is 0 Å². The van der Waals surface area contributed by atoms with E-state index in [1.165, 1.54) is 22.4 Å². The molecule has 1 atom stereocenters. The van der Waals surface area contributed by atoms with Crippen LogP contribution in [0, 0.1) is 0 Å². The molecule has 1 unspecified atom stereocenters. The van der Waals surface area contributed by atoms with E-state index < -0.39 is 5.97 Å². The molecule has 0 fully saturated rings. The SMILES string of the molecule is C=CC(=C)C(=O)OC(C)CCc1cccc2ccccc12. The van der Waals surface area contributed by atoms with E-state index in [1.807, 2.05) is 19.1 Å². The van der Waals surface area contributed by atoms with Gasteiger partial charge in [0, 0.05) is 0 Å². The van der Waals surface area contributed by atoms with Gasteiger partial charge in [0.25, 0.3) is 0 Å². The molecule has 0 bridgehead atoms. The summed E-state index contributed by atoms with van der Waals surface area (Å²) in [6, 6.07) is 14.6. The van der Waals surface area contributed by atoms with Gasteiger partial charge in [0.2, 0.25) is 0 Å². The number of hydrogen-bond donors (Lipinski definition) is 0. The number of rotatable bonds is 6. The van der Waals surface area contributed by atoms with Crippen LogP contribution in [0.5, 0.6) is 0 Å². The number of fused-ring (bicyclic) bond motifs is 1. The highest BCUT2D eigenvalue weighted by Crippen LogP contribution is 2.20.